The number of hydrogen-bond acceptors (Lipinski definition) is 4. The number of nitrogens with zero attached hydrogens (tertiary/aromatic N) is 2. The molecular weight excluding hydrogens is 350 g/mol. The quantitative estimate of drug-likeness (QED) is 0.897. The van der Waals surface area contributed by atoms with Crippen molar-refractivity contribution in [3.05, 3.63) is 48.0 Å². The highest BCUT2D eigenvalue weighted by Crippen LogP contribution is 2.31. The highest BCUT2D eigenvalue weighted by Gasteiger charge is 2.26. The van der Waals surface area contributed by atoms with Gasteiger partial charge in [-0.1, -0.05) is 6.07 Å². The zero-order chi connectivity index (χ0) is 18.3. The lowest BCUT2D eigenvalue weighted by atomic mass is 10.2. The average molecular weight is 371 g/mol. The molecule has 0 saturated carbocycles. The lowest BCUT2D eigenvalue weighted by Crippen LogP contribution is -2.20. The van der Waals surface area contributed by atoms with Gasteiger partial charge in [0.2, 0.25) is 5.91 Å². The molecule has 1 saturated heterocycles. The van der Waals surface area contributed by atoms with Crippen molar-refractivity contribution in [1.29, 1.82) is 0 Å². The van der Waals surface area contributed by atoms with Gasteiger partial charge in [0.15, 0.2) is 0 Å². The van der Waals surface area contributed by atoms with Gasteiger partial charge >= 0.3 is 0 Å². The van der Waals surface area contributed by atoms with E-state index in [0.717, 1.165) is 42.9 Å². The first-order chi connectivity index (χ1) is 12.4. The van der Waals surface area contributed by atoms with Gasteiger partial charge in [0.05, 0.1) is 17.0 Å². The summed E-state index contributed by atoms with van der Waals surface area (Å²) >= 11 is 0. The van der Waals surface area contributed by atoms with Gasteiger partial charge in [-0.2, -0.15) is 0 Å². The summed E-state index contributed by atoms with van der Waals surface area (Å²) in [6, 6.07) is 12.3. The number of anilines is 3. The Bertz CT molecular complexity index is 966. The summed E-state index contributed by atoms with van der Waals surface area (Å²) in [7, 11) is -2.01. The van der Waals surface area contributed by atoms with Gasteiger partial charge in [0.1, 0.15) is 0 Å². The van der Waals surface area contributed by atoms with Crippen LogP contribution in [0.2, 0.25) is 0 Å². The summed E-state index contributed by atoms with van der Waals surface area (Å²) in [5.74, 6) is -0.0270. The molecule has 0 aromatic heterocycles. The fourth-order valence-electron chi connectivity index (χ4n) is 3.57. The summed E-state index contributed by atoms with van der Waals surface area (Å²) < 4.78 is 28.2. The van der Waals surface area contributed by atoms with E-state index in [1.165, 1.54) is 0 Å². The molecule has 0 aliphatic carbocycles. The Labute approximate surface area is 153 Å². The predicted octanol–water partition coefficient (Wildman–Crippen LogP) is 2.61. The smallest absolute Gasteiger partial charge is 0.261 e. The third-order valence-corrected chi connectivity index (χ3v) is 6.39. The maximum atomic E-state index is 12.8. The summed E-state index contributed by atoms with van der Waals surface area (Å²) in [6.07, 6.45) is 2.57. The van der Waals surface area contributed by atoms with Crippen molar-refractivity contribution in [1.82, 2.24) is 0 Å². The Morgan fingerprint density at radius 1 is 1.04 bits per heavy atom. The van der Waals surface area contributed by atoms with Crippen LogP contribution in [-0.4, -0.2) is 34.5 Å². The number of benzene rings is 2. The average Bonchev–Trinajstić information content (AvgIpc) is 3.24. The third kappa shape index (κ3) is 3.03. The van der Waals surface area contributed by atoms with Crippen LogP contribution in [0.5, 0.6) is 0 Å². The van der Waals surface area contributed by atoms with E-state index >= 15 is 0 Å². The molecule has 2 aromatic rings. The van der Waals surface area contributed by atoms with Gasteiger partial charge in [-0.05, 0) is 54.8 Å². The van der Waals surface area contributed by atoms with Crippen molar-refractivity contribution in [3.63, 3.8) is 0 Å². The number of likely N-dealkylation sites (N-methyl/N-ethyl adjacent to an activating group) is 1. The maximum Gasteiger partial charge on any atom is 0.261 e. The molecule has 2 aliphatic rings. The largest absolute Gasteiger partial charge is 0.371 e. The molecule has 1 amide bonds. The fraction of sp³-hybridized carbons (Fsp3) is 0.316. The topological polar surface area (TPSA) is 69.7 Å². The first-order valence-corrected chi connectivity index (χ1v) is 10.2. The number of hydrogen-bond donors (Lipinski definition) is 1. The van der Waals surface area contributed by atoms with E-state index in [-0.39, 0.29) is 17.2 Å². The maximum absolute atomic E-state index is 12.8. The number of amides is 1. The van der Waals surface area contributed by atoms with E-state index in [4.69, 9.17) is 0 Å². The van der Waals surface area contributed by atoms with Crippen LogP contribution in [0.25, 0.3) is 0 Å². The van der Waals surface area contributed by atoms with Crippen LogP contribution in [0.4, 0.5) is 17.1 Å². The molecule has 2 aliphatic heterocycles. The summed E-state index contributed by atoms with van der Waals surface area (Å²) in [5.41, 5.74) is 3.09. The second-order valence-electron chi connectivity index (χ2n) is 6.77. The Morgan fingerprint density at radius 3 is 2.58 bits per heavy atom. The zero-order valence-corrected chi connectivity index (χ0v) is 15.4. The van der Waals surface area contributed by atoms with Crippen LogP contribution in [0, 0.1) is 0 Å². The van der Waals surface area contributed by atoms with Gasteiger partial charge in [-0.15, -0.1) is 0 Å². The van der Waals surface area contributed by atoms with E-state index in [0.29, 0.717) is 5.69 Å². The molecule has 0 radical (unpaired) electrons. The number of rotatable bonds is 4. The van der Waals surface area contributed by atoms with Crippen molar-refractivity contribution in [3.8, 4) is 0 Å². The second kappa shape index (κ2) is 6.32. The molecule has 7 heteroatoms. The third-order valence-electron chi connectivity index (χ3n) is 5.01. The van der Waals surface area contributed by atoms with Crippen molar-refractivity contribution < 1.29 is 13.2 Å². The van der Waals surface area contributed by atoms with Crippen LogP contribution in [0.3, 0.4) is 0 Å². The van der Waals surface area contributed by atoms with Crippen molar-refractivity contribution >= 4 is 33.0 Å². The van der Waals surface area contributed by atoms with Crippen LogP contribution in [0.1, 0.15) is 18.4 Å². The van der Waals surface area contributed by atoms with Crippen LogP contribution < -0.4 is 14.5 Å². The molecule has 26 heavy (non-hydrogen) atoms. The molecule has 0 atom stereocenters. The van der Waals surface area contributed by atoms with Gasteiger partial charge in [0, 0.05) is 31.5 Å². The Kier molecular flexibility index (Phi) is 4.11. The van der Waals surface area contributed by atoms with Crippen LogP contribution in [-0.2, 0) is 21.2 Å². The highest BCUT2D eigenvalue weighted by molar-refractivity contribution is 7.92. The molecular formula is C19H21N3O3S. The number of carbonyl (C=O) groups is 1. The Hall–Kier alpha value is -2.54. The first kappa shape index (κ1) is 16.9. The predicted molar refractivity (Wildman–Crippen MR) is 102 cm³/mol. The monoisotopic (exact) mass is 371 g/mol. The Balaban J connectivity index is 1.59. The minimum absolute atomic E-state index is 0.0270. The molecule has 1 N–H and O–H groups in total. The van der Waals surface area contributed by atoms with Crippen molar-refractivity contribution in [2.75, 3.05) is 34.7 Å². The molecule has 6 nitrogen and oxygen atoms in total. The fourth-order valence-corrected chi connectivity index (χ4v) is 4.67. The molecule has 1 fully saturated rings. The van der Waals surface area contributed by atoms with Gasteiger partial charge in [-0.25, -0.2) is 8.42 Å². The van der Waals surface area contributed by atoms with Gasteiger partial charge in [-0.3, -0.25) is 9.52 Å². The standard InChI is InChI=1S/C19H21N3O3S/c1-21-18-8-7-17(11-14(18)12-19(21)23)26(24,25)20-15-5-4-6-16(13-15)22-9-2-3-10-22/h4-8,11,13,20H,2-3,9-10,12H2,1H3. The number of nitrogens with one attached hydrogen (secondary N) is 1. The van der Waals surface area contributed by atoms with E-state index in [1.807, 2.05) is 18.2 Å². The van der Waals surface area contributed by atoms with Crippen molar-refractivity contribution in [2.45, 2.75) is 24.2 Å². The number of sulfonamides is 1. The molecule has 136 valence electrons. The highest BCUT2D eigenvalue weighted by atomic mass is 32.2. The van der Waals surface area contributed by atoms with Gasteiger partial charge < -0.3 is 9.80 Å². The van der Waals surface area contributed by atoms with E-state index < -0.39 is 10.0 Å². The SMILES string of the molecule is CN1C(=O)Cc2cc(S(=O)(=O)Nc3cccc(N4CCCC4)c3)ccc21. The van der Waals surface area contributed by atoms with Crippen LogP contribution in [0.15, 0.2) is 47.4 Å². The molecule has 4 rings (SSSR count). The number of fused-ring (bicyclic) bond motifs is 1. The first-order valence-electron chi connectivity index (χ1n) is 8.71. The van der Waals surface area contributed by atoms with Crippen LogP contribution >= 0.6 is 0 Å². The minimum Gasteiger partial charge on any atom is -0.371 e. The Morgan fingerprint density at radius 2 is 1.81 bits per heavy atom. The lowest BCUT2D eigenvalue weighted by Gasteiger charge is -2.18. The summed E-state index contributed by atoms with van der Waals surface area (Å²) in [6.45, 7) is 2.01. The zero-order valence-electron chi connectivity index (χ0n) is 14.6. The van der Waals surface area contributed by atoms with Gasteiger partial charge in [0.25, 0.3) is 10.0 Å². The molecule has 0 unspecified atom stereocenters. The molecule has 0 spiro atoms. The second-order valence-corrected chi connectivity index (χ2v) is 8.45. The summed E-state index contributed by atoms with van der Waals surface area (Å²) in [5, 5.41) is 0. The molecule has 2 aromatic carbocycles. The molecule has 0 bridgehead atoms. The normalized spacial score (nSPS) is 16.9. The van der Waals surface area contributed by atoms with Crippen molar-refractivity contribution in [2.24, 2.45) is 0 Å². The van der Waals surface area contributed by atoms with E-state index in [1.54, 1.807) is 36.2 Å². The lowest BCUT2D eigenvalue weighted by molar-refractivity contribution is -0.117. The van der Waals surface area contributed by atoms with E-state index in [9.17, 15) is 13.2 Å². The van der Waals surface area contributed by atoms with E-state index in [2.05, 4.69) is 9.62 Å². The minimum atomic E-state index is -3.71. The number of carbonyl (C=O) groups excluding carboxylic acids is 1. The summed E-state index contributed by atoms with van der Waals surface area (Å²) in [4.78, 5) is 15.8. The molecule has 2 heterocycles.